The van der Waals surface area contributed by atoms with Crippen LogP contribution in [0.2, 0.25) is 0 Å². The van der Waals surface area contributed by atoms with Crippen LogP contribution in [0.1, 0.15) is 46.5 Å². The lowest BCUT2D eigenvalue weighted by Gasteiger charge is -2.31. The van der Waals surface area contributed by atoms with Crippen LogP contribution in [0.3, 0.4) is 0 Å². The van der Waals surface area contributed by atoms with E-state index < -0.39 is 5.54 Å². The number of carbonyl (C=O) groups excluding carboxylic acids is 1. The fourth-order valence-electron chi connectivity index (χ4n) is 2.19. The van der Waals surface area contributed by atoms with Crippen molar-refractivity contribution >= 4 is 5.91 Å². The van der Waals surface area contributed by atoms with E-state index in [0.717, 1.165) is 32.5 Å². The first-order chi connectivity index (χ1) is 7.08. The van der Waals surface area contributed by atoms with Gasteiger partial charge in [-0.1, -0.05) is 19.8 Å². The molecule has 3 heteroatoms. The molecule has 0 aromatic heterocycles. The zero-order valence-electron chi connectivity index (χ0n) is 10.3. The Kier molecular flexibility index (Phi) is 4.58. The highest BCUT2D eigenvalue weighted by Crippen LogP contribution is 2.14. The van der Waals surface area contributed by atoms with E-state index in [1.54, 1.807) is 0 Å². The largest absolute Gasteiger partial charge is 0.341 e. The summed E-state index contributed by atoms with van der Waals surface area (Å²) in [6.07, 6.45) is 4.86. The molecule has 0 aliphatic carbocycles. The molecular weight excluding hydrogens is 188 g/mol. The standard InChI is InChI=1S/C12H24N2O/c1-4-13-12(2,3)11(15)14-9-7-5-6-8-10-14/h13H,4-10H2,1-3H3. The van der Waals surface area contributed by atoms with Gasteiger partial charge in [0.2, 0.25) is 5.91 Å². The van der Waals surface area contributed by atoms with Crippen molar-refractivity contribution in [3.05, 3.63) is 0 Å². The highest BCUT2D eigenvalue weighted by molar-refractivity contribution is 5.85. The number of carbonyl (C=O) groups is 1. The van der Waals surface area contributed by atoms with Gasteiger partial charge in [-0.15, -0.1) is 0 Å². The number of likely N-dealkylation sites (N-methyl/N-ethyl adjacent to an activating group) is 1. The van der Waals surface area contributed by atoms with Crippen molar-refractivity contribution < 1.29 is 4.79 Å². The molecule has 0 spiro atoms. The second kappa shape index (κ2) is 5.50. The Balaban J connectivity index is 2.56. The van der Waals surface area contributed by atoms with Gasteiger partial charge in [-0.25, -0.2) is 0 Å². The van der Waals surface area contributed by atoms with Gasteiger partial charge in [-0.2, -0.15) is 0 Å². The monoisotopic (exact) mass is 212 g/mol. The highest BCUT2D eigenvalue weighted by atomic mass is 16.2. The molecular formula is C12H24N2O. The predicted octanol–water partition coefficient (Wildman–Crippen LogP) is 1.78. The molecule has 1 heterocycles. The van der Waals surface area contributed by atoms with Gasteiger partial charge in [0.25, 0.3) is 0 Å². The molecule has 1 aliphatic rings. The van der Waals surface area contributed by atoms with E-state index in [1.165, 1.54) is 12.8 Å². The minimum atomic E-state index is -0.404. The number of hydrogen-bond acceptors (Lipinski definition) is 2. The Bertz CT molecular complexity index is 206. The number of hydrogen-bond donors (Lipinski definition) is 1. The number of nitrogens with zero attached hydrogens (tertiary/aromatic N) is 1. The van der Waals surface area contributed by atoms with Gasteiger partial charge in [-0.05, 0) is 33.2 Å². The maximum atomic E-state index is 12.2. The average molecular weight is 212 g/mol. The fourth-order valence-corrected chi connectivity index (χ4v) is 2.19. The van der Waals surface area contributed by atoms with Crippen molar-refractivity contribution in [3.8, 4) is 0 Å². The third kappa shape index (κ3) is 3.49. The maximum absolute atomic E-state index is 12.2. The summed E-state index contributed by atoms with van der Waals surface area (Å²) in [5, 5.41) is 3.25. The fraction of sp³-hybridized carbons (Fsp3) is 0.917. The van der Waals surface area contributed by atoms with Crippen LogP contribution in [0.25, 0.3) is 0 Å². The van der Waals surface area contributed by atoms with Crippen molar-refractivity contribution in [2.24, 2.45) is 0 Å². The van der Waals surface area contributed by atoms with E-state index in [1.807, 2.05) is 25.7 Å². The first kappa shape index (κ1) is 12.5. The van der Waals surface area contributed by atoms with Crippen LogP contribution in [0, 0.1) is 0 Å². The summed E-state index contributed by atoms with van der Waals surface area (Å²) in [5.74, 6) is 0.256. The SMILES string of the molecule is CCNC(C)(C)C(=O)N1CCCCCC1. The number of likely N-dealkylation sites (tertiary alicyclic amines) is 1. The van der Waals surface area contributed by atoms with Crippen LogP contribution >= 0.6 is 0 Å². The molecule has 1 fully saturated rings. The molecule has 1 saturated heterocycles. The van der Waals surface area contributed by atoms with Gasteiger partial charge in [0.15, 0.2) is 0 Å². The third-order valence-corrected chi connectivity index (χ3v) is 3.05. The molecule has 0 unspecified atom stereocenters. The van der Waals surface area contributed by atoms with Crippen LogP contribution in [0.15, 0.2) is 0 Å². The van der Waals surface area contributed by atoms with Crippen LogP contribution in [-0.2, 0) is 4.79 Å². The zero-order chi connectivity index (χ0) is 11.3. The van der Waals surface area contributed by atoms with Crippen LogP contribution < -0.4 is 5.32 Å². The van der Waals surface area contributed by atoms with Gasteiger partial charge in [0, 0.05) is 13.1 Å². The average Bonchev–Trinajstić information content (AvgIpc) is 2.44. The Morgan fingerprint density at radius 2 is 1.73 bits per heavy atom. The van der Waals surface area contributed by atoms with Gasteiger partial charge in [0.05, 0.1) is 5.54 Å². The summed E-state index contributed by atoms with van der Waals surface area (Å²) in [4.78, 5) is 14.2. The first-order valence-corrected chi connectivity index (χ1v) is 6.12. The van der Waals surface area contributed by atoms with E-state index in [-0.39, 0.29) is 5.91 Å². The molecule has 1 N–H and O–H groups in total. The molecule has 1 rings (SSSR count). The van der Waals surface area contributed by atoms with Crippen LogP contribution in [0.5, 0.6) is 0 Å². The normalized spacial score (nSPS) is 18.7. The van der Waals surface area contributed by atoms with Crippen molar-refractivity contribution in [3.63, 3.8) is 0 Å². The molecule has 0 atom stereocenters. The summed E-state index contributed by atoms with van der Waals surface area (Å²) >= 11 is 0. The molecule has 0 saturated carbocycles. The lowest BCUT2D eigenvalue weighted by Crippen LogP contribution is -2.54. The second-order valence-corrected chi connectivity index (χ2v) is 4.86. The van der Waals surface area contributed by atoms with Crippen molar-refractivity contribution in [2.75, 3.05) is 19.6 Å². The number of amides is 1. The lowest BCUT2D eigenvalue weighted by atomic mass is 10.0. The van der Waals surface area contributed by atoms with Crippen molar-refractivity contribution in [1.29, 1.82) is 0 Å². The molecule has 0 radical (unpaired) electrons. The van der Waals surface area contributed by atoms with E-state index in [2.05, 4.69) is 5.32 Å². The Morgan fingerprint density at radius 1 is 1.20 bits per heavy atom. The van der Waals surface area contributed by atoms with Gasteiger partial charge in [0.1, 0.15) is 0 Å². The second-order valence-electron chi connectivity index (χ2n) is 4.86. The predicted molar refractivity (Wildman–Crippen MR) is 62.8 cm³/mol. The molecule has 88 valence electrons. The first-order valence-electron chi connectivity index (χ1n) is 6.12. The van der Waals surface area contributed by atoms with Crippen molar-refractivity contribution in [1.82, 2.24) is 10.2 Å². The maximum Gasteiger partial charge on any atom is 0.242 e. The molecule has 0 aromatic rings. The number of nitrogens with one attached hydrogen (secondary N) is 1. The Hall–Kier alpha value is -0.570. The lowest BCUT2D eigenvalue weighted by molar-refractivity contribution is -0.137. The molecule has 3 nitrogen and oxygen atoms in total. The smallest absolute Gasteiger partial charge is 0.242 e. The Morgan fingerprint density at radius 3 is 2.20 bits per heavy atom. The molecule has 0 aromatic carbocycles. The van der Waals surface area contributed by atoms with E-state index >= 15 is 0 Å². The summed E-state index contributed by atoms with van der Waals surface area (Å²) in [6.45, 7) is 8.71. The van der Waals surface area contributed by atoms with Gasteiger partial charge in [-0.3, -0.25) is 4.79 Å². The minimum absolute atomic E-state index is 0.256. The molecule has 15 heavy (non-hydrogen) atoms. The van der Waals surface area contributed by atoms with Gasteiger partial charge < -0.3 is 10.2 Å². The Labute approximate surface area is 93.2 Å². The van der Waals surface area contributed by atoms with Gasteiger partial charge >= 0.3 is 0 Å². The molecule has 1 amide bonds. The third-order valence-electron chi connectivity index (χ3n) is 3.05. The summed E-state index contributed by atoms with van der Waals surface area (Å²) in [6, 6.07) is 0. The summed E-state index contributed by atoms with van der Waals surface area (Å²) in [5.41, 5.74) is -0.404. The van der Waals surface area contributed by atoms with E-state index in [9.17, 15) is 4.79 Å². The van der Waals surface area contributed by atoms with Crippen LogP contribution in [0.4, 0.5) is 0 Å². The number of rotatable bonds is 3. The summed E-state index contributed by atoms with van der Waals surface area (Å²) < 4.78 is 0. The highest BCUT2D eigenvalue weighted by Gasteiger charge is 2.30. The van der Waals surface area contributed by atoms with Crippen LogP contribution in [-0.4, -0.2) is 36.0 Å². The quantitative estimate of drug-likeness (QED) is 0.773. The molecule has 0 bridgehead atoms. The van der Waals surface area contributed by atoms with E-state index in [0.29, 0.717) is 0 Å². The molecule has 1 aliphatic heterocycles. The summed E-state index contributed by atoms with van der Waals surface area (Å²) in [7, 11) is 0. The topological polar surface area (TPSA) is 32.3 Å². The minimum Gasteiger partial charge on any atom is -0.341 e. The zero-order valence-corrected chi connectivity index (χ0v) is 10.3. The van der Waals surface area contributed by atoms with E-state index in [4.69, 9.17) is 0 Å². The van der Waals surface area contributed by atoms with Crippen molar-refractivity contribution in [2.45, 2.75) is 52.0 Å².